The van der Waals surface area contributed by atoms with Gasteiger partial charge < -0.3 is 10.1 Å². The molecule has 21 heavy (non-hydrogen) atoms. The zero-order valence-electron chi connectivity index (χ0n) is 13.7. The van der Waals surface area contributed by atoms with E-state index in [0.717, 1.165) is 31.2 Å². The molecular weight excluding hydrogens is 265 g/mol. The molecule has 0 radical (unpaired) electrons. The molecule has 0 aromatic heterocycles. The van der Waals surface area contributed by atoms with Crippen LogP contribution in [0.5, 0.6) is 0 Å². The molecule has 3 heteroatoms. The molecule has 2 rings (SSSR count). The summed E-state index contributed by atoms with van der Waals surface area (Å²) in [5.41, 5.74) is 0.961. The van der Waals surface area contributed by atoms with Gasteiger partial charge in [0.05, 0.1) is 5.60 Å². The Kier molecular flexibility index (Phi) is 5.05. The summed E-state index contributed by atoms with van der Waals surface area (Å²) in [6.45, 7) is 4.63. The summed E-state index contributed by atoms with van der Waals surface area (Å²) < 4.78 is 19.9. The molecule has 1 aromatic carbocycles. The topological polar surface area (TPSA) is 21.3 Å². The van der Waals surface area contributed by atoms with E-state index in [1.54, 1.807) is 13.2 Å². The van der Waals surface area contributed by atoms with E-state index in [1.807, 2.05) is 19.2 Å². The van der Waals surface area contributed by atoms with Gasteiger partial charge in [-0.3, -0.25) is 0 Å². The van der Waals surface area contributed by atoms with Gasteiger partial charge in [-0.15, -0.1) is 0 Å². The van der Waals surface area contributed by atoms with Crippen LogP contribution in [-0.2, 0) is 11.2 Å². The van der Waals surface area contributed by atoms with Gasteiger partial charge in [0.1, 0.15) is 5.82 Å². The van der Waals surface area contributed by atoms with Crippen LogP contribution in [0.2, 0.25) is 0 Å². The Morgan fingerprint density at radius 1 is 1.19 bits per heavy atom. The summed E-state index contributed by atoms with van der Waals surface area (Å²) in [6.07, 6.45) is 5.01. The Morgan fingerprint density at radius 3 is 2.33 bits per heavy atom. The molecule has 1 aliphatic rings. The molecule has 0 saturated heterocycles. The number of methoxy groups -OCH3 is 1. The molecule has 118 valence electrons. The zero-order chi connectivity index (χ0) is 15.5. The van der Waals surface area contributed by atoms with Gasteiger partial charge in [-0.1, -0.05) is 32.0 Å². The molecule has 0 aliphatic heterocycles. The highest BCUT2D eigenvalue weighted by atomic mass is 19.1. The summed E-state index contributed by atoms with van der Waals surface area (Å²) in [6, 6.07) is 7.17. The number of ether oxygens (including phenoxy) is 1. The third kappa shape index (κ3) is 3.64. The van der Waals surface area contributed by atoms with Gasteiger partial charge in [-0.2, -0.15) is 0 Å². The van der Waals surface area contributed by atoms with Gasteiger partial charge >= 0.3 is 0 Å². The summed E-state index contributed by atoms with van der Waals surface area (Å²) in [7, 11) is 3.75. The summed E-state index contributed by atoms with van der Waals surface area (Å²) in [5.74, 6) is -0.125. The molecule has 1 fully saturated rings. The van der Waals surface area contributed by atoms with Crippen LogP contribution in [0.25, 0.3) is 0 Å². The number of hydrogen-bond acceptors (Lipinski definition) is 2. The summed E-state index contributed by atoms with van der Waals surface area (Å²) in [4.78, 5) is 0. The fourth-order valence-corrected chi connectivity index (χ4v) is 3.48. The number of halogens is 1. The highest BCUT2D eigenvalue weighted by Crippen LogP contribution is 2.43. The lowest BCUT2D eigenvalue weighted by Gasteiger charge is -2.47. The fourth-order valence-electron chi connectivity index (χ4n) is 3.48. The molecule has 1 unspecified atom stereocenters. The Labute approximate surface area is 128 Å². The quantitative estimate of drug-likeness (QED) is 0.888. The van der Waals surface area contributed by atoms with Gasteiger partial charge in [-0.05, 0) is 56.2 Å². The number of nitrogens with one attached hydrogen (secondary N) is 1. The lowest BCUT2D eigenvalue weighted by molar-refractivity contribution is -0.0848. The average molecular weight is 293 g/mol. The molecule has 0 amide bonds. The van der Waals surface area contributed by atoms with Crippen LogP contribution >= 0.6 is 0 Å². The second-order valence-electron chi connectivity index (χ2n) is 7.07. The number of rotatable bonds is 5. The molecular formula is C18H28FNO. The van der Waals surface area contributed by atoms with Gasteiger partial charge in [-0.25, -0.2) is 4.39 Å². The van der Waals surface area contributed by atoms with Crippen molar-refractivity contribution >= 4 is 0 Å². The van der Waals surface area contributed by atoms with Gasteiger partial charge in [0, 0.05) is 13.2 Å². The van der Waals surface area contributed by atoms with E-state index in [0.29, 0.717) is 11.8 Å². The molecule has 1 aliphatic carbocycles. The van der Waals surface area contributed by atoms with Crippen molar-refractivity contribution in [2.75, 3.05) is 14.2 Å². The number of likely N-dealkylation sites (N-methyl/N-ethyl adjacent to an activating group) is 1. The molecule has 1 N–H and O–H groups in total. The zero-order valence-corrected chi connectivity index (χ0v) is 13.7. The van der Waals surface area contributed by atoms with E-state index < -0.39 is 0 Å². The van der Waals surface area contributed by atoms with Crippen LogP contribution in [0.3, 0.4) is 0 Å². The minimum Gasteiger partial charge on any atom is -0.377 e. The smallest absolute Gasteiger partial charge is 0.126 e. The first kappa shape index (κ1) is 16.4. The Bertz CT molecular complexity index is 462. The minimum atomic E-state index is -0.188. The standard InChI is InChI=1S/C18H28FNO/c1-17(2)9-11-18(21-4,12-10-17)16(20-3)13-14-7-5-6-8-15(14)19/h5-8,16,20H,9-13H2,1-4H3. The molecule has 1 saturated carbocycles. The summed E-state index contributed by atoms with van der Waals surface area (Å²) >= 11 is 0. The van der Waals surface area contributed by atoms with E-state index in [4.69, 9.17) is 4.74 Å². The first-order valence-corrected chi connectivity index (χ1v) is 7.88. The van der Waals surface area contributed by atoms with Crippen molar-refractivity contribution in [3.8, 4) is 0 Å². The molecule has 1 aromatic rings. The molecule has 0 spiro atoms. The summed E-state index contributed by atoms with van der Waals surface area (Å²) in [5, 5.41) is 3.37. The number of benzene rings is 1. The highest BCUT2D eigenvalue weighted by molar-refractivity contribution is 5.20. The van der Waals surface area contributed by atoms with Crippen LogP contribution in [0, 0.1) is 11.2 Å². The third-order valence-electron chi connectivity index (χ3n) is 5.22. The number of hydrogen-bond donors (Lipinski definition) is 1. The van der Waals surface area contributed by atoms with E-state index >= 15 is 0 Å². The van der Waals surface area contributed by atoms with Gasteiger partial charge in [0.2, 0.25) is 0 Å². The predicted molar refractivity (Wildman–Crippen MR) is 84.9 cm³/mol. The van der Waals surface area contributed by atoms with Crippen molar-refractivity contribution in [1.82, 2.24) is 5.32 Å². The highest BCUT2D eigenvalue weighted by Gasteiger charge is 2.43. The molecule has 0 heterocycles. The molecule has 2 nitrogen and oxygen atoms in total. The normalized spacial score (nSPS) is 22.0. The SMILES string of the molecule is CNC(Cc1ccccc1F)C1(OC)CCC(C)(C)CC1. The van der Waals surface area contributed by atoms with E-state index in [-0.39, 0.29) is 17.5 Å². The van der Waals surface area contributed by atoms with E-state index in [1.165, 1.54) is 6.07 Å². The maximum Gasteiger partial charge on any atom is 0.126 e. The van der Waals surface area contributed by atoms with Crippen LogP contribution in [-0.4, -0.2) is 25.8 Å². The third-order valence-corrected chi connectivity index (χ3v) is 5.22. The Hall–Kier alpha value is -0.930. The largest absolute Gasteiger partial charge is 0.377 e. The Balaban J connectivity index is 2.17. The van der Waals surface area contributed by atoms with Crippen molar-refractivity contribution in [3.63, 3.8) is 0 Å². The van der Waals surface area contributed by atoms with Crippen molar-refractivity contribution in [3.05, 3.63) is 35.6 Å². The maximum absolute atomic E-state index is 13.9. The van der Waals surface area contributed by atoms with E-state index in [9.17, 15) is 4.39 Å². The first-order chi connectivity index (χ1) is 9.92. The Morgan fingerprint density at radius 2 is 1.81 bits per heavy atom. The van der Waals surface area contributed by atoms with Gasteiger partial charge in [0.15, 0.2) is 0 Å². The lowest BCUT2D eigenvalue weighted by atomic mass is 9.67. The molecule has 1 atom stereocenters. The molecule has 0 bridgehead atoms. The lowest BCUT2D eigenvalue weighted by Crippen LogP contribution is -2.54. The predicted octanol–water partition coefficient (Wildman–Crippen LogP) is 3.94. The minimum absolute atomic E-state index is 0.125. The first-order valence-electron chi connectivity index (χ1n) is 7.88. The van der Waals surface area contributed by atoms with Crippen molar-refractivity contribution in [1.29, 1.82) is 0 Å². The van der Waals surface area contributed by atoms with Crippen molar-refractivity contribution < 1.29 is 9.13 Å². The van der Waals surface area contributed by atoms with Gasteiger partial charge in [0.25, 0.3) is 0 Å². The second kappa shape index (κ2) is 6.45. The van der Waals surface area contributed by atoms with Crippen LogP contribution < -0.4 is 5.32 Å². The monoisotopic (exact) mass is 293 g/mol. The fraction of sp³-hybridized carbons (Fsp3) is 0.667. The second-order valence-corrected chi connectivity index (χ2v) is 7.07. The average Bonchev–Trinajstić information content (AvgIpc) is 2.47. The van der Waals surface area contributed by atoms with Crippen LogP contribution in [0.1, 0.15) is 45.1 Å². The van der Waals surface area contributed by atoms with Crippen LogP contribution in [0.15, 0.2) is 24.3 Å². The van der Waals surface area contributed by atoms with E-state index in [2.05, 4.69) is 19.2 Å². The van der Waals surface area contributed by atoms with Crippen molar-refractivity contribution in [2.45, 2.75) is 57.6 Å². The maximum atomic E-state index is 13.9. The van der Waals surface area contributed by atoms with Crippen LogP contribution in [0.4, 0.5) is 4.39 Å². The van der Waals surface area contributed by atoms with Crippen molar-refractivity contribution in [2.24, 2.45) is 5.41 Å².